The Morgan fingerprint density at radius 2 is 1.72 bits per heavy atom. The Morgan fingerprint density at radius 1 is 1.09 bits per heavy atom. The van der Waals surface area contributed by atoms with Crippen molar-refractivity contribution in [1.29, 1.82) is 5.26 Å². The van der Waals surface area contributed by atoms with E-state index in [-0.39, 0.29) is 18.5 Å². The van der Waals surface area contributed by atoms with E-state index in [0.29, 0.717) is 45.1 Å². The quantitative estimate of drug-likeness (QED) is 0.348. The van der Waals surface area contributed by atoms with Gasteiger partial charge in [-0.1, -0.05) is 6.58 Å². The van der Waals surface area contributed by atoms with Crippen molar-refractivity contribution in [3.63, 3.8) is 0 Å². The molecule has 15 heteroatoms. The summed E-state index contributed by atoms with van der Waals surface area (Å²) in [7, 11) is -2.95. The predicted molar refractivity (Wildman–Crippen MR) is 145 cm³/mol. The van der Waals surface area contributed by atoms with Gasteiger partial charge in [0.05, 0.1) is 21.8 Å². The van der Waals surface area contributed by atoms with Crippen molar-refractivity contribution >= 4 is 27.3 Å². The molecular formula is C28H32F5N5O4S. The average molecular weight is 630 g/mol. The second kappa shape index (κ2) is 10.4. The number of anilines is 1. The Bertz CT molecular complexity index is 1470. The number of alkyl halides is 5. The van der Waals surface area contributed by atoms with E-state index in [9.17, 15) is 45.2 Å². The lowest BCUT2D eigenvalue weighted by molar-refractivity contribution is -0.153. The van der Waals surface area contributed by atoms with Crippen LogP contribution in [0.15, 0.2) is 35.7 Å². The molecule has 2 aliphatic heterocycles. The highest BCUT2D eigenvalue weighted by Crippen LogP contribution is 2.59. The average Bonchev–Trinajstić information content (AvgIpc) is 3.89. The largest absolute Gasteiger partial charge is 0.417 e. The fourth-order valence-electron chi connectivity index (χ4n) is 5.92. The number of nitriles is 1. The van der Waals surface area contributed by atoms with E-state index in [4.69, 9.17) is 0 Å². The number of carbonyl (C=O) groups is 2. The summed E-state index contributed by atoms with van der Waals surface area (Å²) in [6.07, 6.45) is -5.19. The molecule has 0 spiro atoms. The van der Waals surface area contributed by atoms with E-state index in [1.54, 1.807) is 4.90 Å². The Balaban J connectivity index is 1.49. The molecule has 5 rings (SSSR count). The van der Waals surface area contributed by atoms with E-state index < -0.39 is 79.4 Å². The molecule has 2 amide bonds. The molecule has 1 aromatic rings. The highest BCUT2D eigenvalue weighted by atomic mass is 32.2. The van der Waals surface area contributed by atoms with Crippen molar-refractivity contribution in [2.45, 2.75) is 65.9 Å². The number of nitrogens with zero attached hydrogens (tertiary/aromatic N) is 4. The maximum atomic E-state index is 14.8. The first-order chi connectivity index (χ1) is 20.0. The minimum atomic E-state index is -5.05. The minimum absolute atomic E-state index is 0.202. The lowest BCUT2D eigenvalue weighted by atomic mass is 9.95. The van der Waals surface area contributed by atoms with Gasteiger partial charge in [-0.2, -0.15) is 18.4 Å². The number of rotatable bonds is 8. The van der Waals surface area contributed by atoms with Gasteiger partial charge in [0.1, 0.15) is 17.0 Å². The molecule has 2 heterocycles. The van der Waals surface area contributed by atoms with Gasteiger partial charge in [-0.25, -0.2) is 17.2 Å². The lowest BCUT2D eigenvalue weighted by Gasteiger charge is -2.34. The van der Waals surface area contributed by atoms with Crippen molar-refractivity contribution in [3.05, 3.63) is 36.4 Å². The summed E-state index contributed by atoms with van der Waals surface area (Å²) in [4.78, 5) is 30.3. The first kappa shape index (κ1) is 31.2. The molecule has 4 aliphatic rings. The number of halogens is 5. The number of piperazine rings is 1. The summed E-state index contributed by atoms with van der Waals surface area (Å²) in [6, 6.07) is 3.32. The van der Waals surface area contributed by atoms with E-state index in [1.165, 1.54) is 6.07 Å². The number of carbonyl (C=O) groups excluding carboxylic acids is 2. The summed E-state index contributed by atoms with van der Waals surface area (Å²) in [5.41, 5.74) is -4.62. The first-order valence-corrected chi connectivity index (χ1v) is 15.5. The number of nitrogens with one attached hydrogen (secondary N) is 1. The number of likely N-dealkylation sites (N-methyl/N-ethyl adjacent to an activating group) is 1. The minimum Gasteiger partial charge on any atom is -0.369 e. The molecule has 0 aromatic heterocycles. The van der Waals surface area contributed by atoms with Gasteiger partial charge >= 0.3 is 6.18 Å². The molecule has 0 radical (unpaired) electrons. The third kappa shape index (κ3) is 5.48. The molecule has 0 bridgehead atoms. The van der Waals surface area contributed by atoms with Crippen molar-refractivity contribution in [1.82, 2.24) is 15.1 Å². The van der Waals surface area contributed by atoms with Gasteiger partial charge in [0.2, 0.25) is 11.8 Å². The molecule has 4 fully saturated rings. The molecule has 43 heavy (non-hydrogen) atoms. The van der Waals surface area contributed by atoms with Gasteiger partial charge in [0, 0.05) is 38.4 Å². The predicted octanol–water partition coefficient (Wildman–Crippen LogP) is 2.97. The zero-order chi connectivity index (χ0) is 31.6. The maximum absolute atomic E-state index is 14.8. The molecule has 2 saturated heterocycles. The molecule has 1 N–H and O–H groups in total. The zero-order valence-electron chi connectivity index (χ0n) is 23.5. The van der Waals surface area contributed by atoms with Crippen LogP contribution in [0.2, 0.25) is 0 Å². The second-order valence-corrected chi connectivity index (χ2v) is 14.1. The first-order valence-electron chi connectivity index (χ1n) is 13.9. The Labute approximate surface area is 246 Å². The topological polar surface area (TPSA) is 114 Å². The SMILES string of the molecule is C=CC(F)(F)C1(C(=O)N2C[C@H](S(=O)(=O)c3ccc(N4CCN(C)CC4)cc3C(F)(F)F)C[C@H]2C(=O)NC2(C#N)CC2)CC1. The van der Waals surface area contributed by atoms with Gasteiger partial charge < -0.3 is 20.0 Å². The number of hydrogen-bond donors (Lipinski definition) is 1. The van der Waals surface area contributed by atoms with E-state index in [1.807, 2.05) is 18.0 Å². The monoisotopic (exact) mass is 629 g/mol. The molecule has 234 valence electrons. The normalized spacial score (nSPS) is 25.1. The summed E-state index contributed by atoms with van der Waals surface area (Å²) in [5.74, 6) is -5.74. The van der Waals surface area contributed by atoms with Gasteiger partial charge in [0.15, 0.2) is 9.84 Å². The van der Waals surface area contributed by atoms with Crippen LogP contribution in [0, 0.1) is 16.7 Å². The zero-order valence-corrected chi connectivity index (χ0v) is 24.3. The Morgan fingerprint density at radius 3 is 2.23 bits per heavy atom. The highest BCUT2D eigenvalue weighted by Gasteiger charge is 2.68. The van der Waals surface area contributed by atoms with Crippen molar-refractivity contribution < 1.29 is 40.0 Å². The van der Waals surface area contributed by atoms with Gasteiger partial charge in [0.25, 0.3) is 5.92 Å². The number of likely N-dealkylation sites (tertiary alicyclic amines) is 1. The molecule has 0 unspecified atom stereocenters. The van der Waals surface area contributed by atoms with Crippen LogP contribution in [-0.2, 0) is 25.6 Å². The van der Waals surface area contributed by atoms with Crippen LogP contribution in [0.25, 0.3) is 0 Å². The van der Waals surface area contributed by atoms with E-state index in [0.717, 1.165) is 17.0 Å². The fourth-order valence-corrected chi connectivity index (χ4v) is 7.81. The van der Waals surface area contributed by atoms with Crippen molar-refractivity contribution in [2.75, 3.05) is 44.7 Å². The Hall–Kier alpha value is -3.25. The number of benzene rings is 1. The third-order valence-electron chi connectivity index (χ3n) is 9.09. The highest BCUT2D eigenvalue weighted by molar-refractivity contribution is 7.92. The summed E-state index contributed by atoms with van der Waals surface area (Å²) >= 11 is 0. The molecule has 2 saturated carbocycles. The van der Waals surface area contributed by atoms with Crippen LogP contribution in [0.1, 0.15) is 37.7 Å². The van der Waals surface area contributed by atoms with Crippen LogP contribution in [0.5, 0.6) is 0 Å². The van der Waals surface area contributed by atoms with Crippen LogP contribution >= 0.6 is 0 Å². The molecule has 9 nitrogen and oxygen atoms in total. The molecule has 2 atom stereocenters. The summed E-state index contributed by atoms with van der Waals surface area (Å²) in [6.45, 7) is 4.44. The number of sulfone groups is 1. The molecule has 1 aromatic carbocycles. The number of amides is 2. The Kier molecular flexibility index (Phi) is 7.57. The van der Waals surface area contributed by atoms with Crippen molar-refractivity contribution in [2.24, 2.45) is 5.41 Å². The van der Waals surface area contributed by atoms with Gasteiger partial charge in [-0.05, 0) is 63.4 Å². The van der Waals surface area contributed by atoms with Crippen LogP contribution in [0.3, 0.4) is 0 Å². The van der Waals surface area contributed by atoms with Crippen LogP contribution in [0.4, 0.5) is 27.6 Å². The maximum Gasteiger partial charge on any atom is 0.417 e. The van der Waals surface area contributed by atoms with Crippen molar-refractivity contribution in [3.8, 4) is 6.07 Å². The molecular weight excluding hydrogens is 597 g/mol. The standard InChI is InChI=1S/C28H32F5N5O4S/c1-3-27(29,30)26(8-9-26)24(40)38-16-19(15-21(38)23(39)35-25(17-34)6-7-25)43(41,42)22-5-4-18(14-20(22)28(31,32)33)37-12-10-36(2)11-13-37/h3-5,14,19,21H,1,6-13,15-16H2,2H3,(H,35,39)/t19-,21+/m1/s1. The smallest absolute Gasteiger partial charge is 0.369 e. The summed E-state index contributed by atoms with van der Waals surface area (Å²) in [5, 5.41) is 10.2. The number of allylic oxidation sites excluding steroid dienone is 1. The lowest BCUT2D eigenvalue weighted by Crippen LogP contribution is -2.53. The van der Waals surface area contributed by atoms with Crippen LogP contribution < -0.4 is 10.2 Å². The fraction of sp³-hybridized carbons (Fsp3) is 0.607. The van der Waals surface area contributed by atoms with Gasteiger partial charge in [-0.3, -0.25) is 9.59 Å². The third-order valence-corrected chi connectivity index (χ3v) is 11.3. The molecule has 2 aliphatic carbocycles. The summed E-state index contributed by atoms with van der Waals surface area (Å²) < 4.78 is 100. The van der Waals surface area contributed by atoms with Crippen LogP contribution in [-0.4, -0.2) is 92.6 Å². The number of hydrogen-bond acceptors (Lipinski definition) is 7. The van der Waals surface area contributed by atoms with E-state index >= 15 is 0 Å². The second-order valence-electron chi connectivity index (χ2n) is 11.9. The van der Waals surface area contributed by atoms with Gasteiger partial charge in [-0.15, -0.1) is 0 Å². The van der Waals surface area contributed by atoms with E-state index in [2.05, 4.69) is 11.9 Å².